The standard InChI is InChI=1S/C16H21N3O2/c1-12(2)17-16(15(20)21,14-7-5-4-6-8-14)11-19-10-9-13(3)18-19/h4-10,12,17H,11H2,1-3H3,(H,20,21). The summed E-state index contributed by atoms with van der Waals surface area (Å²) in [5.74, 6) is -0.907. The number of aliphatic carboxylic acids is 1. The van der Waals surface area contributed by atoms with Gasteiger partial charge < -0.3 is 5.11 Å². The fourth-order valence-corrected chi connectivity index (χ4v) is 2.48. The minimum Gasteiger partial charge on any atom is -0.480 e. The first-order valence-corrected chi connectivity index (χ1v) is 7.01. The molecule has 0 fully saturated rings. The lowest BCUT2D eigenvalue weighted by Crippen LogP contribution is -2.54. The quantitative estimate of drug-likeness (QED) is 0.854. The van der Waals surface area contributed by atoms with Crippen molar-refractivity contribution in [3.8, 4) is 0 Å². The smallest absolute Gasteiger partial charge is 0.330 e. The lowest BCUT2D eigenvalue weighted by molar-refractivity contribution is -0.146. The first kappa shape index (κ1) is 15.3. The minimum atomic E-state index is -1.20. The van der Waals surface area contributed by atoms with Gasteiger partial charge in [0.05, 0.1) is 12.2 Å². The Bertz CT molecular complexity index is 607. The van der Waals surface area contributed by atoms with Crippen LogP contribution in [-0.4, -0.2) is 26.9 Å². The molecule has 0 amide bonds. The van der Waals surface area contributed by atoms with Crippen molar-refractivity contribution in [3.63, 3.8) is 0 Å². The molecule has 0 spiro atoms. The zero-order valence-electron chi connectivity index (χ0n) is 12.6. The normalized spacial score (nSPS) is 14.1. The minimum absolute atomic E-state index is 0.0259. The number of carboxylic acid groups (broad SMARTS) is 1. The Morgan fingerprint density at radius 1 is 1.33 bits per heavy atom. The van der Waals surface area contributed by atoms with Gasteiger partial charge in [0.25, 0.3) is 0 Å². The van der Waals surface area contributed by atoms with Crippen LogP contribution in [0, 0.1) is 6.92 Å². The molecule has 1 atom stereocenters. The Balaban J connectivity index is 2.48. The van der Waals surface area contributed by atoms with E-state index in [4.69, 9.17) is 0 Å². The average Bonchev–Trinajstić information content (AvgIpc) is 2.83. The highest BCUT2D eigenvalue weighted by Crippen LogP contribution is 2.25. The third kappa shape index (κ3) is 3.31. The maximum absolute atomic E-state index is 12.1. The zero-order valence-corrected chi connectivity index (χ0v) is 12.6. The molecule has 0 bridgehead atoms. The van der Waals surface area contributed by atoms with Crippen LogP contribution in [0.5, 0.6) is 0 Å². The summed E-state index contributed by atoms with van der Waals surface area (Å²) < 4.78 is 1.67. The van der Waals surface area contributed by atoms with Crippen molar-refractivity contribution in [2.24, 2.45) is 0 Å². The molecular weight excluding hydrogens is 266 g/mol. The number of benzene rings is 1. The van der Waals surface area contributed by atoms with E-state index in [0.717, 1.165) is 11.3 Å². The van der Waals surface area contributed by atoms with E-state index < -0.39 is 11.5 Å². The highest BCUT2D eigenvalue weighted by molar-refractivity contribution is 5.80. The van der Waals surface area contributed by atoms with Crippen molar-refractivity contribution in [2.45, 2.75) is 38.9 Å². The summed E-state index contributed by atoms with van der Waals surface area (Å²) in [4.78, 5) is 12.1. The fourth-order valence-electron chi connectivity index (χ4n) is 2.48. The molecular formula is C16H21N3O2. The summed E-state index contributed by atoms with van der Waals surface area (Å²) in [5.41, 5.74) is 0.389. The number of carbonyl (C=O) groups is 1. The molecule has 1 aromatic carbocycles. The van der Waals surface area contributed by atoms with Crippen LogP contribution in [0.25, 0.3) is 0 Å². The maximum Gasteiger partial charge on any atom is 0.330 e. The lowest BCUT2D eigenvalue weighted by Gasteiger charge is -2.33. The second-order valence-corrected chi connectivity index (χ2v) is 5.53. The Kier molecular flexibility index (Phi) is 4.43. The van der Waals surface area contributed by atoms with Crippen molar-refractivity contribution in [2.75, 3.05) is 0 Å². The monoisotopic (exact) mass is 287 g/mol. The molecule has 5 heteroatoms. The van der Waals surface area contributed by atoms with Gasteiger partial charge >= 0.3 is 5.97 Å². The molecule has 112 valence electrons. The van der Waals surface area contributed by atoms with E-state index in [1.165, 1.54) is 0 Å². The van der Waals surface area contributed by atoms with Gasteiger partial charge in [-0.2, -0.15) is 5.10 Å². The molecule has 21 heavy (non-hydrogen) atoms. The highest BCUT2D eigenvalue weighted by atomic mass is 16.4. The zero-order chi connectivity index (χ0) is 15.5. The van der Waals surface area contributed by atoms with Gasteiger partial charge in [0.1, 0.15) is 0 Å². The molecule has 0 aliphatic heterocycles. The number of rotatable bonds is 6. The maximum atomic E-state index is 12.1. The second kappa shape index (κ2) is 6.10. The Hall–Kier alpha value is -2.14. The van der Waals surface area contributed by atoms with E-state index in [1.54, 1.807) is 10.9 Å². The first-order valence-electron chi connectivity index (χ1n) is 7.01. The molecule has 5 nitrogen and oxygen atoms in total. The van der Waals surface area contributed by atoms with E-state index in [2.05, 4.69) is 10.4 Å². The van der Waals surface area contributed by atoms with E-state index in [1.807, 2.05) is 57.2 Å². The van der Waals surface area contributed by atoms with Gasteiger partial charge in [-0.3, -0.25) is 10.00 Å². The number of hydrogen-bond donors (Lipinski definition) is 2. The van der Waals surface area contributed by atoms with Crippen molar-refractivity contribution < 1.29 is 9.90 Å². The van der Waals surface area contributed by atoms with Crippen LogP contribution >= 0.6 is 0 Å². The number of nitrogens with zero attached hydrogens (tertiary/aromatic N) is 2. The summed E-state index contributed by atoms with van der Waals surface area (Å²) in [6, 6.07) is 11.1. The predicted octanol–water partition coefficient (Wildman–Crippen LogP) is 2.17. The Morgan fingerprint density at radius 2 is 2.00 bits per heavy atom. The van der Waals surface area contributed by atoms with Gasteiger partial charge in [0.2, 0.25) is 0 Å². The molecule has 0 saturated heterocycles. The molecule has 2 aromatic rings. The van der Waals surface area contributed by atoms with Crippen LogP contribution in [0.15, 0.2) is 42.6 Å². The molecule has 0 radical (unpaired) electrons. The van der Waals surface area contributed by atoms with Crippen LogP contribution in [0.3, 0.4) is 0 Å². The van der Waals surface area contributed by atoms with Crippen LogP contribution in [-0.2, 0) is 16.9 Å². The summed E-state index contributed by atoms with van der Waals surface area (Å²) >= 11 is 0. The van der Waals surface area contributed by atoms with Gasteiger partial charge in [-0.1, -0.05) is 30.3 Å². The molecule has 0 aliphatic rings. The molecule has 1 unspecified atom stereocenters. The predicted molar refractivity (Wildman–Crippen MR) is 81.0 cm³/mol. The van der Waals surface area contributed by atoms with Gasteiger partial charge in [-0.05, 0) is 32.4 Å². The van der Waals surface area contributed by atoms with E-state index >= 15 is 0 Å². The van der Waals surface area contributed by atoms with Gasteiger partial charge in [-0.25, -0.2) is 4.79 Å². The van der Waals surface area contributed by atoms with Crippen molar-refractivity contribution in [1.29, 1.82) is 0 Å². The Morgan fingerprint density at radius 3 is 2.48 bits per heavy atom. The molecule has 2 N–H and O–H groups in total. The average molecular weight is 287 g/mol. The Labute approximate surface area is 124 Å². The highest BCUT2D eigenvalue weighted by Gasteiger charge is 2.41. The van der Waals surface area contributed by atoms with Crippen LogP contribution in [0.1, 0.15) is 25.1 Å². The largest absolute Gasteiger partial charge is 0.480 e. The van der Waals surface area contributed by atoms with Crippen molar-refractivity contribution in [3.05, 3.63) is 53.9 Å². The van der Waals surface area contributed by atoms with Gasteiger partial charge in [-0.15, -0.1) is 0 Å². The number of carboxylic acids is 1. The summed E-state index contributed by atoms with van der Waals surface area (Å²) in [5, 5.41) is 17.4. The number of aryl methyl sites for hydroxylation is 1. The summed E-state index contributed by atoms with van der Waals surface area (Å²) in [6.45, 7) is 6.00. The van der Waals surface area contributed by atoms with E-state index in [9.17, 15) is 9.90 Å². The fraction of sp³-hybridized carbons (Fsp3) is 0.375. The topological polar surface area (TPSA) is 67.2 Å². The van der Waals surface area contributed by atoms with Gasteiger partial charge in [0, 0.05) is 12.2 Å². The number of hydrogen-bond acceptors (Lipinski definition) is 3. The van der Waals surface area contributed by atoms with Crippen molar-refractivity contribution in [1.82, 2.24) is 15.1 Å². The molecule has 2 rings (SSSR count). The first-order chi connectivity index (χ1) is 9.94. The molecule has 1 heterocycles. The third-order valence-electron chi connectivity index (χ3n) is 3.34. The van der Waals surface area contributed by atoms with Gasteiger partial charge in [0.15, 0.2) is 5.54 Å². The van der Waals surface area contributed by atoms with Crippen LogP contribution < -0.4 is 5.32 Å². The second-order valence-electron chi connectivity index (χ2n) is 5.53. The van der Waals surface area contributed by atoms with E-state index in [-0.39, 0.29) is 12.6 Å². The summed E-state index contributed by atoms with van der Waals surface area (Å²) in [6.07, 6.45) is 1.80. The third-order valence-corrected chi connectivity index (χ3v) is 3.34. The van der Waals surface area contributed by atoms with Crippen molar-refractivity contribution >= 4 is 5.97 Å². The molecule has 1 aromatic heterocycles. The SMILES string of the molecule is Cc1ccn(CC(NC(C)C)(C(=O)O)c2ccccc2)n1. The summed E-state index contributed by atoms with van der Waals surface area (Å²) in [7, 11) is 0. The van der Waals surface area contributed by atoms with Crippen LogP contribution in [0.2, 0.25) is 0 Å². The van der Waals surface area contributed by atoms with Crippen LogP contribution in [0.4, 0.5) is 0 Å². The number of aromatic nitrogens is 2. The molecule has 0 saturated carbocycles. The lowest BCUT2D eigenvalue weighted by atomic mass is 9.89. The van der Waals surface area contributed by atoms with E-state index in [0.29, 0.717) is 0 Å². The molecule has 0 aliphatic carbocycles. The number of nitrogens with one attached hydrogen (secondary N) is 1.